The van der Waals surface area contributed by atoms with Crippen molar-refractivity contribution in [1.29, 1.82) is 0 Å². The molecular formula is C14H12BrN3O3. The van der Waals surface area contributed by atoms with E-state index in [-0.39, 0.29) is 6.79 Å². The Balaban J connectivity index is 1.80. The monoisotopic (exact) mass is 349 g/mol. The number of hydrogen-bond acceptors (Lipinski definition) is 5. The molecule has 0 atom stereocenters. The lowest BCUT2D eigenvalue weighted by Gasteiger charge is -2.10. The highest BCUT2D eigenvalue weighted by atomic mass is 79.9. The van der Waals surface area contributed by atoms with Crippen LogP contribution in [0.15, 0.2) is 35.1 Å². The Labute approximate surface area is 129 Å². The number of nitrogens with one attached hydrogen (secondary N) is 1. The van der Waals surface area contributed by atoms with E-state index in [9.17, 15) is 4.79 Å². The molecule has 1 aromatic carbocycles. The second-order valence-corrected chi connectivity index (χ2v) is 5.30. The van der Waals surface area contributed by atoms with Gasteiger partial charge in [-0.1, -0.05) is 0 Å². The quantitative estimate of drug-likeness (QED) is 0.884. The Bertz CT molecular complexity index is 706. The Kier molecular flexibility index (Phi) is 3.66. The van der Waals surface area contributed by atoms with E-state index in [2.05, 4.69) is 26.2 Å². The highest BCUT2D eigenvalue weighted by Gasteiger charge is 2.18. The number of nitrogens with zero attached hydrogens (tertiary/aromatic N) is 1. The first-order valence-electron chi connectivity index (χ1n) is 6.21. The number of primary amides is 1. The van der Waals surface area contributed by atoms with Crippen molar-refractivity contribution in [2.75, 3.05) is 12.1 Å². The van der Waals surface area contributed by atoms with E-state index >= 15 is 0 Å². The summed E-state index contributed by atoms with van der Waals surface area (Å²) in [7, 11) is 0. The standard InChI is InChI=1S/C14H12BrN3O3/c15-10-3-8(4-12-13(10)21-7-20-12)5-18-11-1-2-17-6-9(11)14(16)19/h1-4,6H,5,7H2,(H2,16,19)(H,17,18). The lowest BCUT2D eigenvalue weighted by molar-refractivity contribution is 0.100. The summed E-state index contributed by atoms with van der Waals surface area (Å²) in [5.74, 6) is 0.893. The van der Waals surface area contributed by atoms with Gasteiger partial charge >= 0.3 is 0 Å². The second kappa shape index (κ2) is 5.61. The van der Waals surface area contributed by atoms with Gasteiger partial charge in [0, 0.05) is 18.9 Å². The zero-order valence-electron chi connectivity index (χ0n) is 10.9. The number of fused-ring (bicyclic) bond motifs is 1. The molecular weight excluding hydrogens is 338 g/mol. The van der Waals surface area contributed by atoms with E-state index in [1.807, 2.05) is 12.1 Å². The van der Waals surface area contributed by atoms with E-state index in [0.717, 1.165) is 10.0 Å². The van der Waals surface area contributed by atoms with Crippen LogP contribution in [0.2, 0.25) is 0 Å². The number of amides is 1. The average molecular weight is 350 g/mol. The molecule has 1 amide bonds. The molecule has 0 radical (unpaired) electrons. The van der Waals surface area contributed by atoms with Crippen LogP contribution < -0.4 is 20.5 Å². The highest BCUT2D eigenvalue weighted by Crippen LogP contribution is 2.40. The molecule has 1 aliphatic rings. The van der Waals surface area contributed by atoms with Crippen LogP contribution in [0, 0.1) is 0 Å². The van der Waals surface area contributed by atoms with Crippen molar-refractivity contribution in [2.24, 2.45) is 5.73 Å². The number of benzene rings is 1. The van der Waals surface area contributed by atoms with Gasteiger partial charge in [0.15, 0.2) is 11.5 Å². The van der Waals surface area contributed by atoms with Gasteiger partial charge in [0.1, 0.15) is 0 Å². The summed E-state index contributed by atoms with van der Waals surface area (Å²) in [6.07, 6.45) is 3.05. The maximum atomic E-state index is 11.3. The van der Waals surface area contributed by atoms with Gasteiger partial charge in [0.25, 0.3) is 5.91 Å². The number of aromatic nitrogens is 1. The van der Waals surface area contributed by atoms with E-state index in [1.165, 1.54) is 6.20 Å². The molecule has 0 saturated heterocycles. The molecule has 6 nitrogen and oxygen atoms in total. The van der Waals surface area contributed by atoms with Gasteiger partial charge in [-0.05, 0) is 39.7 Å². The van der Waals surface area contributed by atoms with Gasteiger partial charge < -0.3 is 20.5 Å². The highest BCUT2D eigenvalue weighted by molar-refractivity contribution is 9.10. The molecule has 0 saturated carbocycles. The summed E-state index contributed by atoms with van der Waals surface area (Å²) in [6.45, 7) is 0.737. The third-order valence-corrected chi connectivity index (χ3v) is 3.65. The molecule has 0 unspecified atom stereocenters. The Hall–Kier alpha value is -2.28. The van der Waals surface area contributed by atoms with Gasteiger partial charge in [-0.3, -0.25) is 9.78 Å². The number of pyridine rings is 1. The van der Waals surface area contributed by atoms with E-state index in [1.54, 1.807) is 12.3 Å². The van der Waals surface area contributed by atoms with Gasteiger partial charge in [0.05, 0.1) is 15.7 Å². The van der Waals surface area contributed by atoms with Crippen LogP contribution in [-0.2, 0) is 6.54 Å². The van der Waals surface area contributed by atoms with E-state index in [4.69, 9.17) is 15.2 Å². The number of anilines is 1. The summed E-state index contributed by atoms with van der Waals surface area (Å²) in [4.78, 5) is 15.2. The number of nitrogens with two attached hydrogens (primary N) is 1. The summed E-state index contributed by atoms with van der Waals surface area (Å²) >= 11 is 3.45. The maximum Gasteiger partial charge on any atom is 0.252 e. The zero-order valence-corrected chi connectivity index (χ0v) is 12.5. The van der Waals surface area contributed by atoms with Crippen LogP contribution in [0.4, 0.5) is 5.69 Å². The number of halogens is 1. The van der Waals surface area contributed by atoms with Crippen molar-refractivity contribution >= 4 is 27.5 Å². The molecule has 1 aliphatic heterocycles. The van der Waals surface area contributed by atoms with Crippen molar-refractivity contribution in [3.63, 3.8) is 0 Å². The predicted molar refractivity (Wildman–Crippen MR) is 80.3 cm³/mol. The largest absolute Gasteiger partial charge is 0.454 e. The summed E-state index contributed by atoms with van der Waals surface area (Å²) in [6, 6.07) is 5.54. The zero-order chi connectivity index (χ0) is 14.8. The van der Waals surface area contributed by atoms with Crippen LogP contribution in [0.5, 0.6) is 11.5 Å². The van der Waals surface area contributed by atoms with Crippen LogP contribution >= 0.6 is 15.9 Å². The average Bonchev–Trinajstić information content (AvgIpc) is 2.94. The lowest BCUT2D eigenvalue weighted by atomic mass is 10.1. The fourth-order valence-electron chi connectivity index (χ4n) is 2.07. The van der Waals surface area contributed by atoms with Gasteiger partial charge in [-0.25, -0.2) is 0 Å². The molecule has 3 N–H and O–H groups in total. The third-order valence-electron chi connectivity index (χ3n) is 3.06. The van der Waals surface area contributed by atoms with Crippen molar-refractivity contribution in [1.82, 2.24) is 4.98 Å². The topological polar surface area (TPSA) is 86.5 Å². The van der Waals surface area contributed by atoms with E-state index in [0.29, 0.717) is 29.3 Å². The molecule has 1 aromatic heterocycles. The molecule has 2 heterocycles. The number of carbonyl (C=O) groups is 1. The Morgan fingerprint density at radius 1 is 1.43 bits per heavy atom. The minimum absolute atomic E-state index is 0.223. The SMILES string of the molecule is NC(=O)c1cnccc1NCc1cc(Br)c2c(c1)OCO2. The number of carbonyl (C=O) groups excluding carboxylic acids is 1. The minimum Gasteiger partial charge on any atom is -0.454 e. The fourth-order valence-corrected chi connectivity index (χ4v) is 2.67. The number of ether oxygens (including phenoxy) is 2. The first kappa shape index (κ1) is 13.7. The molecule has 0 spiro atoms. The minimum atomic E-state index is -0.516. The van der Waals surface area contributed by atoms with Gasteiger partial charge in [0.2, 0.25) is 6.79 Å². The lowest BCUT2D eigenvalue weighted by Crippen LogP contribution is -2.14. The second-order valence-electron chi connectivity index (χ2n) is 4.45. The molecule has 21 heavy (non-hydrogen) atoms. The van der Waals surface area contributed by atoms with Crippen LogP contribution in [0.3, 0.4) is 0 Å². The number of hydrogen-bond donors (Lipinski definition) is 2. The molecule has 0 fully saturated rings. The fraction of sp³-hybridized carbons (Fsp3) is 0.143. The van der Waals surface area contributed by atoms with Gasteiger partial charge in [-0.15, -0.1) is 0 Å². The van der Waals surface area contributed by atoms with Crippen LogP contribution in [-0.4, -0.2) is 17.7 Å². The van der Waals surface area contributed by atoms with Crippen molar-refractivity contribution in [3.05, 3.63) is 46.2 Å². The molecule has 2 aromatic rings. The molecule has 3 rings (SSSR count). The maximum absolute atomic E-state index is 11.3. The van der Waals surface area contributed by atoms with Crippen molar-refractivity contribution < 1.29 is 14.3 Å². The van der Waals surface area contributed by atoms with Crippen LogP contribution in [0.25, 0.3) is 0 Å². The number of rotatable bonds is 4. The molecule has 0 bridgehead atoms. The van der Waals surface area contributed by atoms with Gasteiger partial charge in [-0.2, -0.15) is 0 Å². The molecule has 7 heteroatoms. The Morgan fingerprint density at radius 2 is 2.29 bits per heavy atom. The third kappa shape index (κ3) is 2.78. The van der Waals surface area contributed by atoms with Crippen LogP contribution in [0.1, 0.15) is 15.9 Å². The van der Waals surface area contributed by atoms with E-state index < -0.39 is 5.91 Å². The molecule has 0 aliphatic carbocycles. The first-order valence-corrected chi connectivity index (χ1v) is 7.00. The summed E-state index contributed by atoms with van der Waals surface area (Å²) in [5, 5.41) is 3.17. The summed E-state index contributed by atoms with van der Waals surface area (Å²) < 4.78 is 11.5. The Morgan fingerprint density at radius 3 is 3.10 bits per heavy atom. The summed E-state index contributed by atoms with van der Waals surface area (Å²) in [5.41, 5.74) is 7.31. The van der Waals surface area contributed by atoms with Crippen molar-refractivity contribution in [2.45, 2.75) is 6.54 Å². The molecule has 108 valence electrons. The first-order chi connectivity index (χ1) is 10.1. The van der Waals surface area contributed by atoms with Crippen molar-refractivity contribution in [3.8, 4) is 11.5 Å². The normalized spacial score (nSPS) is 12.2. The smallest absolute Gasteiger partial charge is 0.252 e. The predicted octanol–water partition coefficient (Wildman–Crippen LogP) is 2.28.